The number of nitrogens with two attached hydrogens (primary N) is 1. The van der Waals surface area contributed by atoms with E-state index in [0.717, 1.165) is 32.2 Å². The van der Waals surface area contributed by atoms with Crippen LogP contribution in [-0.2, 0) is 0 Å². The van der Waals surface area contributed by atoms with E-state index in [-0.39, 0.29) is 6.04 Å². The Morgan fingerprint density at radius 2 is 2.20 bits per heavy atom. The minimum Gasteiger partial charge on any atom is -0.427 e. The van der Waals surface area contributed by atoms with Crippen molar-refractivity contribution in [1.82, 2.24) is 5.32 Å². The Balaban J connectivity index is 1.95. The van der Waals surface area contributed by atoms with Gasteiger partial charge in [-0.2, -0.15) is 0 Å². The second kappa shape index (κ2) is 7.22. The molecule has 0 bridgehead atoms. The highest BCUT2D eigenvalue weighted by Crippen LogP contribution is 2.13. The summed E-state index contributed by atoms with van der Waals surface area (Å²) in [4.78, 5) is 0. The summed E-state index contributed by atoms with van der Waals surface area (Å²) in [5.41, 5.74) is 6.01. The van der Waals surface area contributed by atoms with E-state index in [4.69, 9.17) is 15.8 Å². The van der Waals surface area contributed by atoms with Crippen molar-refractivity contribution < 1.29 is 10.0 Å². The monoisotopic (exact) mass is 214 g/mol. The summed E-state index contributed by atoms with van der Waals surface area (Å²) in [5.74, 6) is 0. The summed E-state index contributed by atoms with van der Waals surface area (Å²) in [5, 5.41) is 20.8. The molecule has 1 unspecified atom stereocenters. The van der Waals surface area contributed by atoms with Gasteiger partial charge in [0.15, 0.2) is 0 Å². The van der Waals surface area contributed by atoms with Gasteiger partial charge in [-0.3, -0.25) is 0 Å². The molecular weight excluding hydrogens is 191 g/mol. The molecule has 4 nitrogen and oxygen atoms in total. The number of hydrogen-bond donors (Lipinski definition) is 4. The quantitative estimate of drug-likeness (QED) is 0.358. The molecule has 1 saturated heterocycles. The van der Waals surface area contributed by atoms with E-state index in [1.165, 1.54) is 12.8 Å². The molecule has 0 aliphatic carbocycles. The van der Waals surface area contributed by atoms with Crippen molar-refractivity contribution in [1.29, 1.82) is 0 Å². The van der Waals surface area contributed by atoms with Gasteiger partial charge in [0.1, 0.15) is 0 Å². The lowest BCUT2D eigenvalue weighted by atomic mass is 9.83. The van der Waals surface area contributed by atoms with Crippen molar-refractivity contribution >= 4 is 7.12 Å². The minimum atomic E-state index is -1.15. The molecule has 15 heavy (non-hydrogen) atoms. The van der Waals surface area contributed by atoms with E-state index < -0.39 is 7.12 Å². The molecule has 5 N–H and O–H groups in total. The van der Waals surface area contributed by atoms with Crippen LogP contribution in [0.2, 0.25) is 6.32 Å². The Hall–Kier alpha value is -0.0951. The molecular formula is C10H23BN2O2. The van der Waals surface area contributed by atoms with Crippen LogP contribution in [0.4, 0.5) is 0 Å². The highest BCUT2D eigenvalue weighted by Gasteiger charge is 2.17. The van der Waals surface area contributed by atoms with Crippen LogP contribution >= 0.6 is 0 Å². The number of hydrogen-bond acceptors (Lipinski definition) is 4. The molecule has 1 rings (SSSR count). The molecule has 5 heteroatoms. The molecule has 88 valence electrons. The van der Waals surface area contributed by atoms with Gasteiger partial charge >= 0.3 is 7.12 Å². The lowest BCUT2D eigenvalue weighted by molar-refractivity contribution is 0.398. The van der Waals surface area contributed by atoms with Gasteiger partial charge in [0, 0.05) is 12.1 Å². The third-order valence-corrected chi connectivity index (χ3v) is 3.04. The van der Waals surface area contributed by atoms with Crippen molar-refractivity contribution in [2.75, 3.05) is 6.54 Å². The van der Waals surface area contributed by atoms with Gasteiger partial charge in [-0.05, 0) is 38.5 Å². The van der Waals surface area contributed by atoms with E-state index >= 15 is 0 Å². The van der Waals surface area contributed by atoms with E-state index in [1.54, 1.807) is 0 Å². The summed E-state index contributed by atoms with van der Waals surface area (Å²) < 4.78 is 0. The molecule has 0 aromatic heterocycles. The van der Waals surface area contributed by atoms with Crippen LogP contribution in [0.1, 0.15) is 38.5 Å². The van der Waals surface area contributed by atoms with Crippen molar-refractivity contribution in [3.05, 3.63) is 0 Å². The predicted octanol–water partition coefficient (Wildman–Crippen LogP) is 0.0989. The van der Waals surface area contributed by atoms with Gasteiger partial charge < -0.3 is 21.1 Å². The van der Waals surface area contributed by atoms with Crippen LogP contribution in [0.5, 0.6) is 0 Å². The van der Waals surface area contributed by atoms with E-state index in [1.807, 2.05) is 0 Å². The van der Waals surface area contributed by atoms with Gasteiger partial charge in [0.05, 0.1) is 0 Å². The second-order valence-corrected chi connectivity index (χ2v) is 4.55. The number of rotatable bonds is 7. The second-order valence-electron chi connectivity index (χ2n) is 4.55. The molecule has 1 aliphatic rings. The Morgan fingerprint density at radius 1 is 1.40 bits per heavy atom. The molecule has 0 radical (unpaired) electrons. The van der Waals surface area contributed by atoms with Crippen molar-refractivity contribution in [3.63, 3.8) is 0 Å². The smallest absolute Gasteiger partial charge is 0.427 e. The highest BCUT2D eigenvalue weighted by molar-refractivity contribution is 6.40. The van der Waals surface area contributed by atoms with Crippen LogP contribution in [-0.4, -0.2) is 35.8 Å². The molecule has 2 atom stereocenters. The SMILES string of the molecule is N[C@@H](CCCCB(O)O)CC1CCCN1. The standard InChI is InChI=1S/C10H23BN2O2/c12-9(4-1-2-6-11(14)15)8-10-5-3-7-13-10/h9-10,13-15H,1-8,12H2/t9-,10?/m0/s1. The topological polar surface area (TPSA) is 78.5 Å². The van der Waals surface area contributed by atoms with Crippen LogP contribution in [0.25, 0.3) is 0 Å². The first-order chi connectivity index (χ1) is 7.18. The van der Waals surface area contributed by atoms with Crippen LogP contribution in [0.3, 0.4) is 0 Å². The van der Waals surface area contributed by atoms with Crippen molar-refractivity contribution in [3.8, 4) is 0 Å². The summed E-state index contributed by atoms with van der Waals surface area (Å²) in [6, 6.07) is 0.875. The predicted molar refractivity (Wildman–Crippen MR) is 62.5 cm³/mol. The van der Waals surface area contributed by atoms with Crippen molar-refractivity contribution in [2.24, 2.45) is 5.73 Å². The first-order valence-corrected chi connectivity index (χ1v) is 6.03. The lowest BCUT2D eigenvalue weighted by Crippen LogP contribution is -2.31. The van der Waals surface area contributed by atoms with E-state index in [2.05, 4.69) is 5.32 Å². The van der Waals surface area contributed by atoms with E-state index in [9.17, 15) is 0 Å². The maximum absolute atomic E-state index is 8.66. The van der Waals surface area contributed by atoms with Crippen LogP contribution in [0.15, 0.2) is 0 Å². The van der Waals surface area contributed by atoms with Gasteiger partial charge in [0.2, 0.25) is 0 Å². The molecule has 0 saturated carbocycles. The van der Waals surface area contributed by atoms with Gasteiger partial charge in [-0.25, -0.2) is 0 Å². The molecule has 0 aromatic rings. The molecule has 0 aromatic carbocycles. The maximum Gasteiger partial charge on any atom is 0.451 e. The first kappa shape index (κ1) is 13.0. The molecule has 1 aliphatic heterocycles. The highest BCUT2D eigenvalue weighted by atomic mass is 16.4. The Morgan fingerprint density at radius 3 is 2.80 bits per heavy atom. The molecule has 1 heterocycles. The molecule has 1 fully saturated rings. The molecule has 0 spiro atoms. The van der Waals surface area contributed by atoms with Gasteiger partial charge in [-0.1, -0.05) is 12.8 Å². The number of nitrogens with one attached hydrogen (secondary N) is 1. The zero-order chi connectivity index (χ0) is 11.1. The number of unbranched alkanes of at least 4 members (excludes halogenated alkanes) is 1. The largest absolute Gasteiger partial charge is 0.451 e. The van der Waals surface area contributed by atoms with Crippen molar-refractivity contribution in [2.45, 2.75) is 56.9 Å². The van der Waals surface area contributed by atoms with E-state index in [0.29, 0.717) is 12.4 Å². The zero-order valence-electron chi connectivity index (χ0n) is 9.36. The van der Waals surface area contributed by atoms with Gasteiger partial charge in [0.25, 0.3) is 0 Å². The fraction of sp³-hybridized carbons (Fsp3) is 1.00. The summed E-state index contributed by atoms with van der Waals surface area (Å²) >= 11 is 0. The first-order valence-electron chi connectivity index (χ1n) is 6.03. The zero-order valence-corrected chi connectivity index (χ0v) is 9.36. The minimum absolute atomic E-state index is 0.261. The summed E-state index contributed by atoms with van der Waals surface area (Å²) in [7, 11) is -1.15. The molecule has 0 amide bonds. The fourth-order valence-electron chi connectivity index (χ4n) is 2.17. The summed E-state index contributed by atoms with van der Waals surface area (Å²) in [6.45, 7) is 1.13. The van der Waals surface area contributed by atoms with Crippen LogP contribution < -0.4 is 11.1 Å². The third-order valence-electron chi connectivity index (χ3n) is 3.04. The average Bonchev–Trinajstić information content (AvgIpc) is 2.64. The summed E-state index contributed by atoms with van der Waals surface area (Å²) in [6.07, 6.45) is 6.88. The van der Waals surface area contributed by atoms with Crippen LogP contribution in [0, 0.1) is 0 Å². The fourth-order valence-corrected chi connectivity index (χ4v) is 2.17. The lowest BCUT2D eigenvalue weighted by Gasteiger charge is -2.16. The Kier molecular flexibility index (Phi) is 6.25. The average molecular weight is 214 g/mol. The van der Waals surface area contributed by atoms with Gasteiger partial charge in [-0.15, -0.1) is 0 Å². The third kappa shape index (κ3) is 6.15. The maximum atomic E-state index is 8.66. The Bertz CT molecular complexity index is 164. The Labute approximate surface area is 92.4 Å². The normalized spacial score (nSPS) is 23.0.